The number of hydrogen-bond donors (Lipinski definition) is 2. The van der Waals surface area contributed by atoms with Gasteiger partial charge in [-0.15, -0.1) is 0 Å². The Hall–Kier alpha value is -0.610. The van der Waals surface area contributed by atoms with E-state index in [2.05, 4.69) is 24.1 Å². The van der Waals surface area contributed by atoms with Crippen molar-refractivity contribution in [1.82, 2.24) is 10.2 Å². The largest absolute Gasteiger partial charge is 0.480 e. The third-order valence-corrected chi connectivity index (χ3v) is 4.47. The molecule has 0 aromatic rings. The average Bonchev–Trinajstić information content (AvgIpc) is 2.83. The lowest BCUT2D eigenvalue weighted by atomic mass is 9.92. The molecule has 1 saturated carbocycles. The van der Waals surface area contributed by atoms with Crippen LogP contribution >= 0.6 is 0 Å². The normalized spacial score (nSPS) is 21.5. The van der Waals surface area contributed by atoms with Crippen molar-refractivity contribution in [2.75, 3.05) is 13.1 Å². The van der Waals surface area contributed by atoms with Gasteiger partial charge >= 0.3 is 5.97 Å². The highest BCUT2D eigenvalue weighted by Gasteiger charge is 2.36. The monoisotopic (exact) mass is 270 g/mol. The van der Waals surface area contributed by atoms with Gasteiger partial charge in [0.05, 0.1) is 0 Å². The third-order valence-electron chi connectivity index (χ3n) is 4.47. The molecule has 112 valence electrons. The molecule has 0 aromatic heterocycles. The number of nitrogens with one attached hydrogen (secondary N) is 1. The molecule has 1 aliphatic rings. The fourth-order valence-electron chi connectivity index (χ4n) is 3.50. The van der Waals surface area contributed by atoms with Crippen LogP contribution < -0.4 is 5.32 Å². The molecule has 0 saturated heterocycles. The summed E-state index contributed by atoms with van der Waals surface area (Å²) in [6, 6.07) is 0.952. The molecule has 0 aromatic carbocycles. The van der Waals surface area contributed by atoms with Crippen LogP contribution in [0.5, 0.6) is 0 Å². The van der Waals surface area contributed by atoms with Crippen LogP contribution in [-0.2, 0) is 4.79 Å². The lowest BCUT2D eigenvalue weighted by molar-refractivity contribution is -0.145. The van der Waals surface area contributed by atoms with Gasteiger partial charge in [0.15, 0.2) is 0 Å². The van der Waals surface area contributed by atoms with Crippen molar-refractivity contribution in [1.29, 1.82) is 0 Å². The van der Waals surface area contributed by atoms with E-state index in [0.717, 1.165) is 6.54 Å². The Balaban J connectivity index is 2.68. The Kier molecular flexibility index (Phi) is 6.27. The molecule has 19 heavy (non-hydrogen) atoms. The van der Waals surface area contributed by atoms with E-state index in [9.17, 15) is 9.90 Å². The number of likely N-dealkylation sites (N-methyl/N-ethyl adjacent to an activating group) is 1. The molecule has 0 spiro atoms. The quantitative estimate of drug-likeness (QED) is 0.711. The summed E-state index contributed by atoms with van der Waals surface area (Å²) in [7, 11) is 0. The molecule has 0 bridgehead atoms. The molecular formula is C15H30N2O2. The second-order valence-electron chi connectivity index (χ2n) is 5.99. The van der Waals surface area contributed by atoms with Crippen LogP contribution in [-0.4, -0.2) is 46.7 Å². The van der Waals surface area contributed by atoms with E-state index in [0.29, 0.717) is 25.0 Å². The van der Waals surface area contributed by atoms with Crippen molar-refractivity contribution < 1.29 is 9.90 Å². The van der Waals surface area contributed by atoms with Gasteiger partial charge in [0, 0.05) is 12.1 Å². The lowest BCUT2D eigenvalue weighted by Gasteiger charge is -2.38. The Morgan fingerprint density at radius 2 is 2.00 bits per heavy atom. The molecule has 2 unspecified atom stereocenters. The summed E-state index contributed by atoms with van der Waals surface area (Å²) >= 11 is 0. The molecule has 0 aliphatic heterocycles. The Morgan fingerprint density at radius 3 is 2.42 bits per heavy atom. The van der Waals surface area contributed by atoms with E-state index in [1.807, 2.05) is 6.92 Å². The maximum Gasteiger partial charge on any atom is 0.323 e. The van der Waals surface area contributed by atoms with Crippen LogP contribution in [0, 0.1) is 0 Å². The predicted octanol–water partition coefficient (Wildman–Crippen LogP) is 2.48. The number of hydrogen-bond acceptors (Lipinski definition) is 3. The number of rotatable bonds is 8. The first-order valence-electron chi connectivity index (χ1n) is 7.68. The zero-order valence-electron chi connectivity index (χ0n) is 12.9. The molecule has 2 N–H and O–H groups in total. The SMILES string of the molecule is CCNC(C)(CC(C)N(CC)C1CCCC1)C(=O)O. The summed E-state index contributed by atoms with van der Waals surface area (Å²) in [5.74, 6) is -0.747. The minimum Gasteiger partial charge on any atom is -0.480 e. The summed E-state index contributed by atoms with van der Waals surface area (Å²) < 4.78 is 0. The maximum absolute atomic E-state index is 11.5. The van der Waals surface area contributed by atoms with Crippen molar-refractivity contribution in [3.05, 3.63) is 0 Å². The number of carbonyl (C=O) groups is 1. The van der Waals surface area contributed by atoms with Gasteiger partial charge in [-0.1, -0.05) is 26.7 Å². The van der Waals surface area contributed by atoms with Crippen molar-refractivity contribution in [3.63, 3.8) is 0 Å². The number of aliphatic carboxylic acids is 1. The molecule has 4 heteroatoms. The van der Waals surface area contributed by atoms with Crippen LogP contribution in [0.3, 0.4) is 0 Å². The standard InChI is InChI=1S/C15H30N2O2/c1-5-16-15(4,14(18)19)11-12(3)17(6-2)13-9-7-8-10-13/h12-13,16H,5-11H2,1-4H3,(H,18,19). The summed E-state index contributed by atoms with van der Waals surface area (Å²) in [5.41, 5.74) is -0.819. The third kappa shape index (κ3) is 4.18. The molecule has 1 fully saturated rings. The van der Waals surface area contributed by atoms with Crippen LogP contribution in [0.2, 0.25) is 0 Å². The van der Waals surface area contributed by atoms with Gasteiger partial charge in [0.2, 0.25) is 0 Å². The van der Waals surface area contributed by atoms with E-state index >= 15 is 0 Å². The molecule has 2 atom stereocenters. The molecule has 0 amide bonds. The van der Waals surface area contributed by atoms with E-state index in [4.69, 9.17) is 0 Å². The summed E-state index contributed by atoms with van der Waals surface area (Å²) in [5, 5.41) is 12.6. The first-order valence-corrected chi connectivity index (χ1v) is 7.68. The fraction of sp³-hybridized carbons (Fsp3) is 0.933. The second kappa shape index (κ2) is 7.25. The van der Waals surface area contributed by atoms with E-state index in [1.165, 1.54) is 25.7 Å². The summed E-state index contributed by atoms with van der Waals surface area (Å²) in [6.07, 6.45) is 5.82. The molecule has 0 heterocycles. The van der Waals surface area contributed by atoms with Gasteiger partial charge in [0.25, 0.3) is 0 Å². The molecular weight excluding hydrogens is 240 g/mol. The lowest BCUT2D eigenvalue weighted by Crippen LogP contribution is -2.54. The van der Waals surface area contributed by atoms with Crippen LogP contribution in [0.1, 0.15) is 59.8 Å². The zero-order chi connectivity index (χ0) is 14.5. The Morgan fingerprint density at radius 1 is 1.42 bits per heavy atom. The molecule has 4 nitrogen and oxygen atoms in total. The van der Waals surface area contributed by atoms with Crippen molar-refractivity contribution in [2.45, 2.75) is 77.4 Å². The summed E-state index contributed by atoms with van der Waals surface area (Å²) in [6.45, 7) is 9.80. The van der Waals surface area contributed by atoms with Crippen LogP contribution in [0.15, 0.2) is 0 Å². The van der Waals surface area contributed by atoms with Crippen molar-refractivity contribution in [2.24, 2.45) is 0 Å². The highest BCUT2D eigenvalue weighted by molar-refractivity contribution is 5.78. The van der Waals surface area contributed by atoms with Gasteiger partial charge < -0.3 is 10.4 Å². The summed E-state index contributed by atoms with van der Waals surface area (Å²) in [4.78, 5) is 14.0. The fourth-order valence-corrected chi connectivity index (χ4v) is 3.50. The first-order chi connectivity index (χ1) is 8.94. The topological polar surface area (TPSA) is 52.6 Å². The average molecular weight is 270 g/mol. The van der Waals surface area contributed by atoms with Gasteiger partial charge in [-0.25, -0.2) is 0 Å². The Labute approximate surface area is 117 Å². The van der Waals surface area contributed by atoms with Gasteiger partial charge in [-0.2, -0.15) is 0 Å². The Bertz CT molecular complexity index is 290. The number of carboxylic acid groups (broad SMARTS) is 1. The van der Waals surface area contributed by atoms with Crippen LogP contribution in [0.4, 0.5) is 0 Å². The van der Waals surface area contributed by atoms with E-state index in [-0.39, 0.29) is 0 Å². The van der Waals surface area contributed by atoms with Crippen LogP contribution in [0.25, 0.3) is 0 Å². The predicted molar refractivity (Wildman–Crippen MR) is 78.4 cm³/mol. The van der Waals surface area contributed by atoms with Crippen molar-refractivity contribution in [3.8, 4) is 0 Å². The van der Waals surface area contributed by atoms with E-state index < -0.39 is 11.5 Å². The minimum atomic E-state index is -0.819. The smallest absolute Gasteiger partial charge is 0.323 e. The van der Waals surface area contributed by atoms with E-state index in [1.54, 1.807) is 6.92 Å². The zero-order valence-corrected chi connectivity index (χ0v) is 12.9. The number of carboxylic acids is 1. The number of nitrogens with zero attached hydrogens (tertiary/aromatic N) is 1. The second-order valence-corrected chi connectivity index (χ2v) is 5.99. The van der Waals surface area contributed by atoms with Gasteiger partial charge in [-0.3, -0.25) is 9.69 Å². The van der Waals surface area contributed by atoms with Gasteiger partial charge in [-0.05, 0) is 46.2 Å². The molecule has 0 radical (unpaired) electrons. The molecule has 1 aliphatic carbocycles. The minimum absolute atomic E-state index is 0.299. The van der Waals surface area contributed by atoms with Crippen molar-refractivity contribution >= 4 is 5.97 Å². The maximum atomic E-state index is 11.5. The highest BCUT2D eigenvalue weighted by atomic mass is 16.4. The molecule has 1 rings (SSSR count). The first kappa shape index (κ1) is 16.4. The highest BCUT2D eigenvalue weighted by Crippen LogP contribution is 2.27. The van der Waals surface area contributed by atoms with Gasteiger partial charge in [0.1, 0.15) is 5.54 Å².